The highest BCUT2D eigenvalue weighted by Gasteiger charge is 2.32. The summed E-state index contributed by atoms with van der Waals surface area (Å²) < 4.78 is 10.5. The van der Waals surface area contributed by atoms with Gasteiger partial charge in [-0.1, -0.05) is 36.4 Å². The van der Waals surface area contributed by atoms with E-state index in [0.29, 0.717) is 34.8 Å². The fourth-order valence-corrected chi connectivity index (χ4v) is 6.82. The first-order chi connectivity index (χ1) is 21.0. The van der Waals surface area contributed by atoms with Crippen LogP contribution < -0.4 is 10.6 Å². The number of nitrogens with zero attached hydrogens (tertiary/aromatic N) is 1. The zero-order chi connectivity index (χ0) is 31.4. The van der Waals surface area contributed by atoms with Gasteiger partial charge in [-0.05, 0) is 73.9 Å². The number of ether oxygens (including phenoxy) is 2. The Morgan fingerprint density at radius 3 is 2.48 bits per heavy atom. The minimum atomic E-state index is -0.622. The lowest BCUT2D eigenvalue weighted by atomic mass is 10.0. The Bertz CT molecular complexity index is 1740. The fourth-order valence-electron chi connectivity index (χ4n) is 4.80. The molecule has 1 aliphatic heterocycles. The second-order valence-corrected chi connectivity index (χ2v) is 13.4. The molecule has 5 rings (SSSR count). The number of hydrogen-bond donors (Lipinski definition) is 2. The van der Waals surface area contributed by atoms with Crippen LogP contribution in [0.2, 0.25) is 0 Å². The van der Waals surface area contributed by atoms with Crippen molar-refractivity contribution in [3.05, 3.63) is 88.3 Å². The molecule has 2 heterocycles. The molecular formula is C33H33N3O6S2. The van der Waals surface area contributed by atoms with E-state index in [4.69, 9.17) is 9.47 Å². The third-order valence-corrected chi connectivity index (χ3v) is 8.95. The Kier molecular flexibility index (Phi) is 9.26. The molecule has 1 aliphatic rings. The average molecular weight is 632 g/mol. The van der Waals surface area contributed by atoms with Crippen LogP contribution in [0.25, 0.3) is 10.8 Å². The Hall–Kier alpha value is -4.35. The molecule has 1 aromatic heterocycles. The van der Waals surface area contributed by atoms with Crippen molar-refractivity contribution < 1.29 is 28.7 Å². The number of nitrogens with one attached hydrogen (secondary N) is 2. The molecule has 4 aromatic rings. The summed E-state index contributed by atoms with van der Waals surface area (Å²) >= 11 is 2.57. The van der Waals surface area contributed by atoms with Crippen molar-refractivity contribution in [1.29, 1.82) is 0 Å². The number of thioether (sulfide) groups is 1. The SMILES string of the molecule is COC(=O)c1c(NC(=O)CSc2cccc(NC(=O)c3ccc4ccccc4c3)c2)sc2c1CCN(C(=O)OC(C)(C)C)C2. The average Bonchev–Trinajstić information content (AvgIpc) is 3.35. The maximum atomic E-state index is 13.0. The van der Waals surface area contributed by atoms with Gasteiger partial charge < -0.3 is 25.0 Å². The maximum Gasteiger partial charge on any atom is 0.410 e. The molecule has 11 heteroatoms. The number of fused-ring (bicyclic) bond motifs is 2. The molecule has 0 bridgehead atoms. The van der Waals surface area contributed by atoms with Crippen LogP contribution in [0.1, 0.15) is 51.9 Å². The van der Waals surface area contributed by atoms with Gasteiger partial charge in [0.25, 0.3) is 5.91 Å². The fraction of sp³-hybridized carbons (Fsp3) is 0.273. The lowest BCUT2D eigenvalue weighted by Gasteiger charge is -2.30. The van der Waals surface area contributed by atoms with Gasteiger partial charge in [0.05, 0.1) is 25.0 Å². The summed E-state index contributed by atoms with van der Waals surface area (Å²) in [6.07, 6.45) is 0.0199. The molecule has 44 heavy (non-hydrogen) atoms. The summed E-state index contributed by atoms with van der Waals surface area (Å²) in [5.74, 6) is -0.979. The zero-order valence-corrected chi connectivity index (χ0v) is 26.5. The minimum absolute atomic E-state index is 0.0787. The summed E-state index contributed by atoms with van der Waals surface area (Å²) in [6, 6.07) is 20.7. The molecule has 9 nitrogen and oxygen atoms in total. The molecule has 0 atom stereocenters. The van der Waals surface area contributed by atoms with Crippen molar-refractivity contribution in [1.82, 2.24) is 4.90 Å². The molecule has 0 fully saturated rings. The van der Waals surface area contributed by atoms with Crippen LogP contribution in [-0.2, 0) is 27.2 Å². The van der Waals surface area contributed by atoms with Crippen molar-refractivity contribution >= 4 is 68.4 Å². The first-order valence-electron chi connectivity index (χ1n) is 14.0. The lowest BCUT2D eigenvalue weighted by Crippen LogP contribution is -2.39. The van der Waals surface area contributed by atoms with Crippen LogP contribution in [0.15, 0.2) is 71.6 Å². The summed E-state index contributed by atoms with van der Waals surface area (Å²) in [4.78, 5) is 54.5. The summed E-state index contributed by atoms with van der Waals surface area (Å²) in [7, 11) is 1.30. The van der Waals surface area contributed by atoms with Crippen molar-refractivity contribution in [2.24, 2.45) is 0 Å². The summed E-state index contributed by atoms with van der Waals surface area (Å²) in [5, 5.41) is 8.24. The van der Waals surface area contributed by atoms with Crippen molar-refractivity contribution in [3.8, 4) is 0 Å². The molecule has 0 radical (unpaired) electrons. The predicted molar refractivity (Wildman–Crippen MR) is 174 cm³/mol. The van der Waals surface area contributed by atoms with E-state index >= 15 is 0 Å². The Balaban J connectivity index is 1.22. The van der Waals surface area contributed by atoms with E-state index in [2.05, 4.69) is 10.6 Å². The second-order valence-electron chi connectivity index (χ2n) is 11.2. The van der Waals surface area contributed by atoms with Crippen LogP contribution in [0, 0.1) is 0 Å². The van der Waals surface area contributed by atoms with E-state index in [-0.39, 0.29) is 24.1 Å². The highest BCUT2D eigenvalue weighted by Crippen LogP contribution is 2.38. The number of methoxy groups -OCH3 is 1. The van der Waals surface area contributed by atoms with E-state index in [1.807, 2.05) is 75.4 Å². The van der Waals surface area contributed by atoms with Gasteiger partial charge in [0, 0.05) is 27.6 Å². The van der Waals surface area contributed by atoms with Gasteiger partial charge in [-0.3, -0.25) is 9.59 Å². The van der Waals surface area contributed by atoms with E-state index < -0.39 is 17.7 Å². The molecule has 228 valence electrons. The van der Waals surface area contributed by atoms with Gasteiger partial charge in [-0.15, -0.1) is 23.1 Å². The van der Waals surface area contributed by atoms with Crippen LogP contribution in [0.3, 0.4) is 0 Å². The topological polar surface area (TPSA) is 114 Å². The molecule has 3 aromatic carbocycles. The third kappa shape index (κ3) is 7.40. The van der Waals surface area contributed by atoms with Crippen LogP contribution >= 0.6 is 23.1 Å². The molecule has 2 N–H and O–H groups in total. The Morgan fingerprint density at radius 2 is 1.73 bits per heavy atom. The number of carbonyl (C=O) groups is 4. The largest absolute Gasteiger partial charge is 0.465 e. The lowest BCUT2D eigenvalue weighted by molar-refractivity contribution is -0.113. The highest BCUT2D eigenvalue weighted by atomic mass is 32.2. The first-order valence-corrected chi connectivity index (χ1v) is 15.8. The van der Waals surface area contributed by atoms with Crippen molar-refractivity contribution in [2.75, 3.05) is 30.0 Å². The number of carbonyl (C=O) groups excluding carboxylic acids is 4. The van der Waals surface area contributed by atoms with Gasteiger partial charge >= 0.3 is 12.1 Å². The Morgan fingerprint density at radius 1 is 0.955 bits per heavy atom. The molecule has 0 unspecified atom stereocenters. The van der Waals surface area contributed by atoms with Gasteiger partial charge in [-0.2, -0.15) is 0 Å². The maximum absolute atomic E-state index is 13.0. The number of thiophene rings is 1. The molecule has 0 aliphatic carbocycles. The predicted octanol–water partition coefficient (Wildman–Crippen LogP) is 6.96. The molecular weight excluding hydrogens is 599 g/mol. The van der Waals surface area contributed by atoms with E-state index in [1.165, 1.54) is 30.2 Å². The van der Waals surface area contributed by atoms with Crippen LogP contribution in [-0.4, -0.2) is 53.8 Å². The number of rotatable bonds is 7. The van der Waals surface area contributed by atoms with Gasteiger partial charge in [0.1, 0.15) is 10.6 Å². The van der Waals surface area contributed by atoms with Gasteiger partial charge in [0.2, 0.25) is 5.91 Å². The van der Waals surface area contributed by atoms with E-state index in [1.54, 1.807) is 17.0 Å². The summed E-state index contributed by atoms with van der Waals surface area (Å²) in [6.45, 7) is 6.10. The molecule has 3 amide bonds. The third-order valence-electron chi connectivity index (χ3n) is 6.82. The van der Waals surface area contributed by atoms with Crippen LogP contribution in [0.4, 0.5) is 15.5 Å². The van der Waals surface area contributed by atoms with Crippen LogP contribution in [0.5, 0.6) is 0 Å². The van der Waals surface area contributed by atoms with Gasteiger partial charge in [0.15, 0.2) is 0 Å². The second kappa shape index (κ2) is 13.1. The summed E-state index contributed by atoms with van der Waals surface area (Å²) in [5.41, 5.74) is 1.65. The molecule has 0 saturated carbocycles. The zero-order valence-electron chi connectivity index (χ0n) is 24.9. The van der Waals surface area contributed by atoms with Crippen molar-refractivity contribution in [2.45, 2.75) is 44.2 Å². The highest BCUT2D eigenvalue weighted by molar-refractivity contribution is 8.00. The van der Waals surface area contributed by atoms with Gasteiger partial charge in [-0.25, -0.2) is 9.59 Å². The number of amides is 3. The number of esters is 1. The molecule has 0 saturated heterocycles. The smallest absolute Gasteiger partial charge is 0.410 e. The van der Waals surface area contributed by atoms with E-state index in [9.17, 15) is 19.2 Å². The van der Waals surface area contributed by atoms with E-state index in [0.717, 1.165) is 26.1 Å². The molecule has 0 spiro atoms. The first kappa shape index (κ1) is 31.1. The minimum Gasteiger partial charge on any atom is -0.465 e. The number of hydrogen-bond acceptors (Lipinski definition) is 8. The Labute approximate surface area is 263 Å². The standard InChI is InChI=1S/C33H33N3O6S2/c1-33(2,3)42-32(40)36-15-14-25-26(18-36)44-30(28(25)31(39)41-4)35-27(37)19-43-24-11-7-10-23(17-24)34-29(38)22-13-12-20-8-5-6-9-21(20)16-22/h5-13,16-17H,14-15,18-19H2,1-4H3,(H,34,38)(H,35,37). The normalized spacial score (nSPS) is 12.8. The quantitative estimate of drug-likeness (QED) is 0.167. The number of benzene rings is 3. The monoisotopic (exact) mass is 631 g/mol. The van der Waals surface area contributed by atoms with Crippen molar-refractivity contribution in [3.63, 3.8) is 0 Å². The number of anilines is 2.